The fourth-order valence-electron chi connectivity index (χ4n) is 3.11. The molecule has 2 heterocycles. The highest BCUT2D eigenvalue weighted by Crippen LogP contribution is 2.18. The first-order chi connectivity index (χ1) is 12.9. The fraction of sp³-hybridized carbons (Fsp3) is 0.190. The van der Waals surface area contributed by atoms with Crippen LogP contribution in [0.4, 0.5) is 0 Å². The Bertz CT molecular complexity index is 1060. The minimum Gasteiger partial charge on any atom is -0.478 e. The third-order valence-electron chi connectivity index (χ3n) is 4.60. The molecule has 3 aromatic rings. The van der Waals surface area contributed by atoms with E-state index in [1.807, 2.05) is 50.2 Å². The molecule has 0 radical (unpaired) electrons. The Hall–Kier alpha value is -3.41. The molecule has 1 aromatic carbocycles. The predicted octanol–water partition coefficient (Wildman–Crippen LogP) is 2.90. The quantitative estimate of drug-likeness (QED) is 0.682. The molecule has 0 saturated carbocycles. The van der Waals surface area contributed by atoms with Crippen molar-refractivity contribution in [2.45, 2.75) is 26.9 Å². The van der Waals surface area contributed by atoms with Crippen molar-refractivity contribution >= 4 is 11.8 Å². The molecule has 0 amide bonds. The zero-order valence-corrected chi connectivity index (χ0v) is 15.2. The van der Waals surface area contributed by atoms with Crippen molar-refractivity contribution in [2.75, 3.05) is 0 Å². The van der Waals surface area contributed by atoms with E-state index in [1.165, 1.54) is 12.3 Å². The molecule has 0 atom stereocenters. The van der Waals surface area contributed by atoms with E-state index in [0.717, 1.165) is 27.6 Å². The number of pyridine rings is 1. The smallest absolute Gasteiger partial charge is 0.337 e. The van der Waals surface area contributed by atoms with Gasteiger partial charge in [0.05, 0.1) is 12.1 Å². The molecule has 2 aromatic heterocycles. The van der Waals surface area contributed by atoms with Gasteiger partial charge in [-0.15, -0.1) is 0 Å². The number of ketones is 1. The number of benzene rings is 1. The highest BCUT2D eigenvalue weighted by molar-refractivity contribution is 5.97. The van der Waals surface area contributed by atoms with Crippen molar-refractivity contribution in [2.24, 2.45) is 0 Å². The number of hydrogen-bond acceptors (Lipinski definition) is 3. The van der Waals surface area contributed by atoms with Crippen LogP contribution in [0.25, 0.3) is 0 Å². The van der Waals surface area contributed by atoms with E-state index in [4.69, 9.17) is 5.11 Å². The Morgan fingerprint density at radius 1 is 1.04 bits per heavy atom. The lowest BCUT2D eigenvalue weighted by Crippen LogP contribution is -2.24. The van der Waals surface area contributed by atoms with Gasteiger partial charge in [-0.05, 0) is 31.5 Å². The van der Waals surface area contributed by atoms with Crippen molar-refractivity contribution in [1.82, 2.24) is 9.13 Å². The highest BCUT2D eigenvalue weighted by Gasteiger charge is 2.17. The van der Waals surface area contributed by atoms with Crippen molar-refractivity contribution in [1.29, 1.82) is 0 Å². The van der Waals surface area contributed by atoms with Crippen LogP contribution in [0.3, 0.4) is 0 Å². The summed E-state index contributed by atoms with van der Waals surface area (Å²) in [7, 11) is 0. The molecule has 0 aliphatic carbocycles. The third kappa shape index (κ3) is 3.89. The van der Waals surface area contributed by atoms with Crippen LogP contribution in [0.15, 0.2) is 59.5 Å². The molecule has 0 aliphatic heterocycles. The number of Topliss-reactive ketones (excluding diaryl/α,β-unsaturated/α-hetero) is 1. The van der Waals surface area contributed by atoms with Gasteiger partial charge in [-0.25, -0.2) is 4.79 Å². The Morgan fingerprint density at radius 2 is 1.74 bits per heavy atom. The number of nitrogens with zero attached hydrogens (tertiary/aromatic N) is 2. The summed E-state index contributed by atoms with van der Waals surface area (Å²) in [5, 5.41) is 9.07. The van der Waals surface area contributed by atoms with Crippen molar-refractivity contribution in [3.8, 4) is 0 Å². The van der Waals surface area contributed by atoms with Crippen LogP contribution in [0.5, 0.6) is 0 Å². The summed E-state index contributed by atoms with van der Waals surface area (Å²) in [6, 6.07) is 14.2. The van der Waals surface area contributed by atoms with E-state index in [-0.39, 0.29) is 17.9 Å². The Kier molecular flexibility index (Phi) is 5.07. The fourth-order valence-corrected chi connectivity index (χ4v) is 3.11. The summed E-state index contributed by atoms with van der Waals surface area (Å²) in [5.74, 6) is -1.37. The average Bonchev–Trinajstić information content (AvgIpc) is 2.92. The molecule has 0 fully saturated rings. The van der Waals surface area contributed by atoms with Crippen LogP contribution in [-0.2, 0) is 13.1 Å². The zero-order valence-electron chi connectivity index (χ0n) is 15.2. The second-order valence-electron chi connectivity index (χ2n) is 6.47. The second kappa shape index (κ2) is 7.45. The predicted molar refractivity (Wildman–Crippen MR) is 101 cm³/mol. The second-order valence-corrected chi connectivity index (χ2v) is 6.47. The van der Waals surface area contributed by atoms with Gasteiger partial charge in [0.2, 0.25) is 0 Å². The van der Waals surface area contributed by atoms with Crippen LogP contribution in [0, 0.1) is 13.8 Å². The number of hydrogen-bond donors (Lipinski definition) is 1. The Labute approximate surface area is 156 Å². The Balaban J connectivity index is 1.88. The lowest BCUT2D eigenvalue weighted by atomic mass is 10.1. The lowest BCUT2D eigenvalue weighted by molar-refractivity contribution is 0.0694. The summed E-state index contributed by atoms with van der Waals surface area (Å²) in [6.45, 7) is 4.26. The summed E-state index contributed by atoms with van der Waals surface area (Å²) in [5.41, 5.74) is 3.00. The minimum atomic E-state index is -1.14. The van der Waals surface area contributed by atoms with Gasteiger partial charge in [0, 0.05) is 35.8 Å². The number of carboxylic acids is 1. The van der Waals surface area contributed by atoms with E-state index < -0.39 is 11.5 Å². The van der Waals surface area contributed by atoms with Gasteiger partial charge >= 0.3 is 5.97 Å². The molecule has 0 bridgehead atoms. The normalized spacial score (nSPS) is 10.7. The molecular formula is C21H20N2O4. The van der Waals surface area contributed by atoms with Gasteiger partial charge in [0.15, 0.2) is 5.78 Å². The highest BCUT2D eigenvalue weighted by atomic mass is 16.4. The minimum absolute atomic E-state index is 0.0306. The van der Waals surface area contributed by atoms with Gasteiger partial charge in [0.25, 0.3) is 5.56 Å². The maximum Gasteiger partial charge on any atom is 0.337 e. The third-order valence-corrected chi connectivity index (χ3v) is 4.60. The number of carboxylic acid groups (broad SMARTS) is 1. The van der Waals surface area contributed by atoms with Crippen molar-refractivity contribution < 1.29 is 14.7 Å². The zero-order chi connectivity index (χ0) is 19.6. The van der Waals surface area contributed by atoms with Gasteiger partial charge in [-0.1, -0.05) is 30.3 Å². The first-order valence-corrected chi connectivity index (χ1v) is 8.54. The monoisotopic (exact) mass is 364 g/mol. The van der Waals surface area contributed by atoms with E-state index in [0.29, 0.717) is 12.1 Å². The number of aromatic nitrogens is 2. The van der Waals surface area contributed by atoms with Crippen LogP contribution in [-0.4, -0.2) is 26.0 Å². The average molecular weight is 364 g/mol. The molecule has 1 N–H and O–H groups in total. The maximum absolute atomic E-state index is 12.8. The maximum atomic E-state index is 12.8. The van der Waals surface area contributed by atoms with Crippen LogP contribution < -0.4 is 5.56 Å². The van der Waals surface area contributed by atoms with Crippen molar-refractivity contribution in [3.05, 3.63) is 93.2 Å². The number of carbonyl (C=O) groups is 2. The van der Waals surface area contributed by atoms with Gasteiger partial charge < -0.3 is 14.2 Å². The van der Waals surface area contributed by atoms with Crippen LogP contribution in [0.1, 0.15) is 37.7 Å². The largest absolute Gasteiger partial charge is 0.478 e. The first-order valence-electron chi connectivity index (χ1n) is 8.54. The summed E-state index contributed by atoms with van der Waals surface area (Å²) in [6.07, 6.45) is 1.20. The first kappa shape index (κ1) is 18.4. The van der Waals surface area contributed by atoms with E-state index >= 15 is 0 Å². The topological polar surface area (TPSA) is 81.3 Å². The SMILES string of the molecule is Cc1cc(C(=O)Cn2cc(C(=O)O)ccc2=O)c(C)n1Cc1ccccc1. The standard InChI is InChI=1S/C21H20N2O4/c1-14-10-18(15(2)23(14)11-16-6-4-3-5-7-16)19(24)13-22-12-17(21(26)27)8-9-20(22)25/h3-10,12H,11,13H2,1-2H3,(H,26,27). The lowest BCUT2D eigenvalue weighted by Gasteiger charge is -2.10. The molecule has 27 heavy (non-hydrogen) atoms. The van der Waals surface area contributed by atoms with Crippen LogP contribution >= 0.6 is 0 Å². The number of aryl methyl sites for hydroxylation is 1. The molecular weight excluding hydrogens is 344 g/mol. The van der Waals surface area contributed by atoms with Gasteiger partial charge in [-0.3, -0.25) is 9.59 Å². The molecule has 3 rings (SSSR count). The van der Waals surface area contributed by atoms with E-state index in [9.17, 15) is 14.4 Å². The molecule has 6 heteroatoms. The number of aromatic carboxylic acids is 1. The summed E-state index contributed by atoms with van der Waals surface area (Å²) in [4.78, 5) is 35.8. The van der Waals surface area contributed by atoms with E-state index in [1.54, 1.807) is 0 Å². The molecule has 0 unspecified atom stereocenters. The van der Waals surface area contributed by atoms with Gasteiger partial charge in [0.1, 0.15) is 0 Å². The molecule has 0 aliphatic rings. The molecule has 138 valence electrons. The molecule has 6 nitrogen and oxygen atoms in total. The Morgan fingerprint density at radius 3 is 2.41 bits per heavy atom. The number of rotatable bonds is 6. The summed E-state index contributed by atoms with van der Waals surface area (Å²) >= 11 is 0. The van der Waals surface area contributed by atoms with E-state index in [2.05, 4.69) is 4.57 Å². The number of carbonyl (C=O) groups excluding carboxylic acids is 1. The summed E-state index contributed by atoms with van der Waals surface area (Å²) < 4.78 is 3.19. The van der Waals surface area contributed by atoms with Crippen molar-refractivity contribution in [3.63, 3.8) is 0 Å². The van der Waals surface area contributed by atoms with Crippen LogP contribution in [0.2, 0.25) is 0 Å². The molecule has 0 saturated heterocycles. The van der Waals surface area contributed by atoms with Gasteiger partial charge in [-0.2, -0.15) is 0 Å². The molecule has 0 spiro atoms.